The zero-order chi connectivity index (χ0) is 16.7. The highest BCUT2D eigenvalue weighted by molar-refractivity contribution is 5.81. The van der Waals surface area contributed by atoms with Crippen LogP contribution >= 0.6 is 0 Å². The minimum absolute atomic E-state index is 0.0480. The Morgan fingerprint density at radius 3 is 2.54 bits per heavy atom. The molecule has 3 unspecified atom stereocenters. The van der Waals surface area contributed by atoms with Crippen LogP contribution in [0.3, 0.4) is 0 Å². The smallest absolute Gasteiger partial charge is 0.225 e. The van der Waals surface area contributed by atoms with Crippen LogP contribution in [0.25, 0.3) is 0 Å². The van der Waals surface area contributed by atoms with Crippen LogP contribution in [0.4, 0.5) is 0 Å². The van der Waals surface area contributed by atoms with Gasteiger partial charge >= 0.3 is 0 Å². The van der Waals surface area contributed by atoms with Gasteiger partial charge in [0, 0.05) is 25.6 Å². The molecule has 3 atom stereocenters. The minimum Gasteiger partial charge on any atom is -0.370 e. The molecule has 2 amide bonds. The molecule has 2 aliphatic carbocycles. The molecule has 5 heteroatoms. The van der Waals surface area contributed by atoms with Crippen molar-refractivity contribution in [3.8, 4) is 0 Å². The lowest BCUT2D eigenvalue weighted by Gasteiger charge is -2.36. The number of nitrogens with one attached hydrogen (secondary N) is 1. The van der Waals surface area contributed by atoms with Gasteiger partial charge in [-0.05, 0) is 56.8 Å². The molecule has 0 spiro atoms. The Balaban J connectivity index is 1.32. The number of fused-ring (bicyclic) bond motifs is 2. The third kappa shape index (κ3) is 3.46. The van der Waals surface area contributed by atoms with Gasteiger partial charge in [0.25, 0.3) is 0 Å². The fraction of sp³-hybridized carbons (Fsp3) is 0.895. The van der Waals surface area contributed by atoms with Crippen LogP contribution in [0.1, 0.15) is 51.9 Å². The Hall–Kier alpha value is -1.10. The van der Waals surface area contributed by atoms with Crippen molar-refractivity contribution in [2.45, 2.75) is 64.1 Å². The van der Waals surface area contributed by atoms with Gasteiger partial charge in [-0.1, -0.05) is 6.92 Å². The Bertz CT molecular complexity index is 497. The molecule has 2 aliphatic heterocycles. The van der Waals surface area contributed by atoms with E-state index >= 15 is 0 Å². The van der Waals surface area contributed by atoms with E-state index < -0.39 is 0 Å². The van der Waals surface area contributed by atoms with Crippen molar-refractivity contribution in [2.24, 2.45) is 23.7 Å². The lowest BCUT2D eigenvalue weighted by atomic mass is 9.82. The Kier molecular flexibility index (Phi) is 4.54. The summed E-state index contributed by atoms with van der Waals surface area (Å²) in [6.45, 7) is 4.37. The van der Waals surface area contributed by atoms with E-state index in [4.69, 9.17) is 4.74 Å². The van der Waals surface area contributed by atoms with Crippen LogP contribution in [0.15, 0.2) is 0 Å². The normalized spacial score (nSPS) is 38.9. The van der Waals surface area contributed by atoms with Crippen molar-refractivity contribution < 1.29 is 14.3 Å². The summed E-state index contributed by atoms with van der Waals surface area (Å²) in [5.41, 5.74) is 0. The van der Waals surface area contributed by atoms with Gasteiger partial charge < -0.3 is 15.0 Å². The summed E-state index contributed by atoms with van der Waals surface area (Å²) in [5, 5.41) is 3.09. The summed E-state index contributed by atoms with van der Waals surface area (Å²) >= 11 is 0. The van der Waals surface area contributed by atoms with Crippen LogP contribution in [0.2, 0.25) is 0 Å². The molecule has 0 aromatic heterocycles. The summed E-state index contributed by atoms with van der Waals surface area (Å²) in [6, 6.07) is 0. The molecule has 2 saturated heterocycles. The number of carbonyl (C=O) groups is 2. The SMILES string of the molecule is CC1CCC(C(=O)N2CC3CC(C(=O)NCC4CC4)C(C2)O3)CC1. The van der Waals surface area contributed by atoms with E-state index in [1.807, 2.05) is 4.90 Å². The molecule has 0 aromatic carbocycles. The summed E-state index contributed by atoms with van der Waals surface area (Å²) in [4.78, 5) is 27.3. The summed E-state index contributed by atoms with van der Waals surface area (Å²) in [5.74, 6) is 2.02. The lowest BCUT2D eigenvalue weighted by molar-refractivity contribution is -0.147. The third-order valence-corrected chi connectivity index (χ3v) is 6.43. The van der Waals surface area contributed by atoms with Gasteiger partial charge in [-0.2, -0.15) is 0 Å². The topological polar surface area (TPSA) is 58.6 Å². The molecule has 2 saturated carbocycles. The number of morpholine rings is 1. The highest BCUT2D eigenvalue weighted by Gasteiger charge is 2.46. The number of likely N-dealkylation sites (tertiary alicyclic amines) is 1. The maximum Gasteiger partial charge on any atom is 0.225 e. The Morgan fingerprint density at radius 1 is 1.08 bits per heavy atom. The summed E-state index contributed by atoms with van der Waals surface area (Å²) in [7, 11) is 0. The predicted molar refractivity (Wildman–Crippen MR) is 90.2 cm³/mol. The molecule has 4 aliphatic rings. The van der Waals surface area contributed by atoms with E-state index in [1.54, 1.807) is 0 Å². The van der Waals surface area contributed by atoms with E-state index in [-0.39, 0.29) is 30.0 Å². The maximum absolute atomic E-state index is 12.8. The first-order chi connectivity index (χ1) is 11.6. The van der Waals surface area contributed by atoms with Gasteiger partial charge in [0.1, 0.15) is 0 Å². The minimum atomic E-state index is -0.102. The average Bonchev–Trinajstić information content (AvgIpc) is 3.37. The van der Waals surface area contributed by atoms with Gasteiger partial charge in [-0.3, -0.25) is 9.59 Å². The van der Waals surface area contributed by atoms with Gasteiger partial charge in [-0.15, -0.1) is 0 Å². The highest BCUT2D eigenvalue weighted by Crippen LogP contribution is 2.35. The molecule has 0 aromatic rings. The van der Waals surface area contributed by atoms with Crippen LogP contribution in [0, 0.1) is 23.7 Å². The average molecular weight is 334 g/mol. The van der Waals surface area contributed by atoms with Gasteiger partial charge in [0.05, 0.1) is 18.1 Å². The second-order valence-corrected chi connectivity index (χ2v) is 8.53. The van der Waals surface area contributed by atoms with E-state index in [2.05, 4.69) is 12.2 Å². The fourth-order valence-corrected chi connectivity index (χ4v) is 4.58. The number of hydrogen-bond donors (Lipinski definition) is 1. The maximum atomic E-state index is 12.8. The molecule has 24 heavy (non-hydrogen) atoms. The number of amides is 2. The molecule has 2 bridgehead atoms. The highest BCUT2D eigenvalue weighted by atomic mass is 16.5. The fourth-order valence-electron chi connectivity index (χ4n) is 4.58. The number of carbonyl (C=O) groups excluding carboxylic acids is 2. The summed E-state index contributed by atoms with van der Waals surface area (Å²) < 4.78 is 5.98. The van der Waals surface area contributed by atoms with E-state index in [0.29, 0.717) is 24.9 Å². The van der Waals surface area contributed by atoms with Crippen LogP contribution in [-0.4, -0.2) is 48.6 Å². The molecule has 4 rings (SSSR count). The van der Waals surface area contributed by atoms with Crippen LogP contribution in [0.5, 0.6) is 0 Å². The Morgan fingerprint density at radius 2 is 1.83 bits per heavy atom. The number of hydrogen-bond acceptors (Lipinski definition) is 3. The third-order valence-electron chi connectivity index (χ3n) is 6.43. The van der Waals surface area contributed by atoms with Crippen molar-refractivity contribution in [2.75, 3.05) is 19.6 Å². The van der Waals surface area contributed by atoms with Crippen LogP contribution < -0.4 is 5.32 Å². The van der Waals surface area contributed by atoms with Crippen molar-refractivity contribution in [3.63, 3.8) is 0 Å². The first-order valence-corrected chi connectivity index (χ1v) is 9.82. The zero-order valence-electron chi connectivity index (χ0n) is 14.7. The first kappa shape index (κ1) is 16.4. The second kappa shape index (κ2) is 6.66. The molecule has 2 heterocycles. The standard InChI is InChI=1S/C19H30N2O3/c1-12-2-6-14(7-3-12)19(23)21-10-15-8-16(17(11-21)24-15)18(22)20-9-13-4-5-13/h12-17H,2-11H2,1H3,(H,20,22). The molecule has 1 N–H and O–H groups in total. The largest absolute Gasteiger partial charge is 0.370 e. The van der Waals surface area contributed by atoms with Gasteiger partial charge in [0.15, 0.2) is 0 Å². The summed E-state index contributed by atoms with van der Waals surface area (Å²) in [6.07, 6.45) is 7.59. The van der Waals surface area contributed by atoms with Crippen LogP contribution in [-0.2, 0) is 14.3 Å². The van der Waals surface area contributed by atoms with Crippen molar-refractivity contribution in [3.05, 3.63) is 0 Å². The van der Waals surface area contributed by atoms with Gasteiger partial charge in [-0.25, -0.2) is 0 Å². The predicted octanol–water partition coefficient (Wildman–Crippen LogP) is 1.95. The monoisotopic (exact) mass is 334 g/mol. The zero-order valence-corrected chi connectivity index (χ0v) is 14.7. The first-order valence-electron chi connectivity index (χ1n) is 9.82. The number of rotatable bonds is 4. The molecule has 5 nitrogen and oxygen atoms in total. The van der Waals surface area contributed by atoms with Crippen molar-refractivity contribution in [1.29, 1.82) is 0 Å². The molecular weight excluding hydrogens is 304 g/mol. The van der Waals surface area contributed by atoms with E-state index in [9.17, 15) is 9.59 Å². The lowest BCUT2D eigenvalue weighted by Crippen LogP contribution is -2.50. The molecule has 134 valence electrons. The van der Waals surface area contributed by atoms with Gasteiger partial charge in [0.2, 0.25) is 11.8 Å². The quantitative estimate of drug-likeness (QED) is 0.855. The van der Waals surface area contributed by atoms with Crippen molar-refractivity contribution in [1.82, 2.24) is 10.2 Å². The second-order valence-electron chi connectivity index (χ2n) is 8.53. The van der Waals surface area contributed by atoms with E-state index in [1.165, 1.54) is 25.7 Å². The molecule has 0 radical (unpaired) electrons. The number of ether oxygens (including phenoxy) is 1. The molecular formula is C19H30N2O3. The number of nitrogens with zero attached hydrogens (tertiary/aromatic N) is 1. The van der Waals surface area contributed by atoms with Crippen molar-refractivity contribution >= 4 is 11.8 Å². The Labute approximate surface area is 144 Å². The van der Waals surface area contributed by atoms with E-state index in [0.717, 1.165) is 31.7 Å². The molecule has 4 fully saturated rings.